The molecule has 2 N–H and O–H groups in total. The first-order valence-electron chi connectivity index (χ1n) is 10.1. The van der Waals surface area contributed by atoms with Crippen LogP contribution < -0.4 is 5.32 Å². The Morgan fingerprint density at radius 3 is 2.36 bits per heavy atom. The molecule has 0 fully saturated rings. The SMILES string of the molecule is Oc1ccc(-c2cc3c(Nc4ccccc4Cl)ncnc3n2Cc2cc(F)cc(F)c2)cc1. The molecular weight excluding hydrogens is 446 g/mol. The molecule has 5 aromatic rings. The minimum absolute atomic E-state index is 0.134. The van der Waals surface area contributed by atoms with E-state index in [-0.39, 0.29) is 12.3 Å². The first-order valence-corrected chi connectivity index (χ1v) is 10.5. The monoisotopic (exact) mass is 462 g/mol. The molecule has 0 saturated carbocycles. The summed E-state index contributed by atoms with van der Waals surface area (Å²) in [6.07, 6.45) is 1.42. The number of phenols is 1. The van der Waals surface area contributed by atoms with E-state index in [1.165, 1.54) is 18.5 Å². The van der Waals surface area contributed by atoms with Crippen LogP contribution in [0.4, 0.5) is 20.3 Å². The van der Waals surface area contributed by atoms with Gasteiger partial charge >= 0.3 is 0 Å². The number of hydrogen-bond donors (Lipinski definition) is 2. The van der Waals surface area contributed by atoms with Crippen molar-refractivity contribution in [2.75, 3.05) is 5.32 Å². The molecule has 0 bridgehead atoms. The molecule has 2 heterocycles. The van der Waals surface area contributed by atoms with Crippen LogP contribution in [-0.4, -0.2) is 19.6 Å². The van der Waals surface area contributed by atoms with Crippen molar-refractivity contribution in [1.29, 1.82) is 0 Å². The minimum atomic E-state index is -0.650. The van der Waals surface area contributed by atoms with Crippen LogP contribution in [0.2, 0.25) is 5.02 Å². The molecule has 3 aromatic carbocycles. The van der Waals surface area contributed by atoms with Gasteiger partial charge in [-0.2, -0.15) is 0 Å². The first kappa shape index (κ1) is 20.9. The highest BCUT2D eigenvalue weighted by Gasteiger charge is 2.17. The zero-order valence-corrected chi connectivity index (χ0v) is 17.9. The highest BCUT2D eigenvalue weighted by atomic mass is 35.5. The van der Waals surface area contributed by atoms with E-state index in [2.05, 4.69) is 15.3 Å². The molecule has 33 heavy (non-hydrogen) atoms. The van der Waals surface area contributed by atoms with Crippen LogP contribution in [0.25, 0.3) is 22.3 Å². The van der Waals surface area contributed by atoms with Gasteiger partial charge in [0.25, 0.3) is 0 Å². The number of hydrogen-bond acceptors (Lipinski definition) is 4. The average molecular weight is 463 g/mol. The normalized spacial score (nSPS) is 11.1. The van der Waals surface area contributed by atoms with Crippen LogP contribution in [0, 0.1) is 11.6 Å². The van der Waals surface area contributed by atoms with E-state index in [0.717, 1.165) is 17.3 Å². The Balaban J connectivity index is 1.68. The number of halogens is 3. The van der Waals surface area contributed by atoms with Crippen molar-refractivity contribution in [2.24, 2.45) is 0 Å². The van der Waals surface area contributed by atoms with Crippen molar-refractivity contribution in [3.63, 3.8) is 0 Å². The van der Waals surface area contributed by atoms with Crippen molar-refractivity contribution >= 4 is 34.1 Å². The number of para-hydroxylation sites is 1. The van der Waals surface area contributed by atoms with Crippen LogP contribution in [0.5, 0.6) is 5.75 Å². The lowest BCUT2D eigenvalue weighted by Crippen LogP contribution is -2.04. The topological polar surface area (TPSA) is 63.0 Å². The molecule has 0 spiro atoms. The van der Waals surface area contributed by atoms with Crippen LogP contribution in [0.1, 0.15) is 5.56 Å². The molecular formula is C25H17ClF2N4O. The van der Waals surface area contributed by atoms with Gasteiger partial charge in [-0.3, -0.25) is 0 Å². The number of aromatic hydroxyl groups is 1. The van der Waals surface area contributed by atoms with Crippen LogP contribution in [-0.2, 0) is 6.54 Å². The van der Waals surface area contributed by atoms with Crippen LogP contribution in [0.3, 0.4) is 0 Å². The second-order valence-corrected chi connectivity index (χ2v) is 7.91. The van der Waals surface area contributed by atoms with E-state index in [1.54, 1.807) is 30.3 Å². The number of nitrogens with zero attached hydrogens (tertiary/aromatic N) is 3. The summed E-state index contributed by atoms with van der Waals surface area (Å²) in [5, 5.41) is 14.2. The molecule has 164 valence electrons. The molecule has 0 aliphatic carbocycles. The van der Waals surface area contributed by atoms with E-state index < -0.39 is 11.6 Å². The van der Waals surface area contributed by atoms with Gasteiger partial charge in [-0.1, -0.05) is 23.7 Å². The fourth-order valence-corrected chi connectivity index (χ4v) is 3.95. The summed E-state index contributed by atoms with van der Waals surface area (Å²) in [4.78, 5) is 8.84. The summed E-state index contributed by atoms with van der Waals surface area (Å²) in [6.45, 7) is 0.178. The number of aromatic nitrogens is 3. The maximum absolute atomic E-state index is 13.9. The van der Waals surface area contributed by atoms with Gasteiger partial charge in [0.05, 0.1) is 21.8 Å². The Kier molecular flexibility index (Phi) is 5.40. The summed E-state index contributed by atoms with van der Waals surface area (Å²) in [5.41, 5.74) is 3.26. The number of anilines is 2. The average Bonchev–Trinajstić information content (AvgIpc) is 3.14. The fraction of sp³-hybridized carbons (Fsp3) is 0.0400. The molecule has 0 aliphatic heterocycles. The highest BCUT2D eigenvalue weighted by Crippen LogP contribution is 2.34. The van der Waals surface area contributed by atoms with Gasteiger partial charge in [0.15, 0.2) is 0 Å². The van der Waals surface area contributed by atoms with E-state index in [4.69, 9.17) is 11.6 Å². The van der Waals surface area contributed by atoms with Gasteiger partial charge in [-0.15, -0.1) is 0 Å². The second-order valence-electron chi connectivity index (χ2n) is 7.50. The highest BCUT2D eigenvalue weighted by molar-refractivity contribution is 6.33. The third kappa shape index (κ3) is 4.23. The van der Waals surface area contributed by atoms with Gasteiger partial charge < -0.3 is 15.0 Å². The largest absolute Gasteiger partial charge is 0.508 e. The number of rotatable bonds is 5. The second kappa shape index (κ2) is 8.52. The van der Waals surface area contributed by atoms with E-state index in [9.17, 15) is 13.9 Å². The third-order valence-corrected chi connectivity index (χ3v) is 5.57. The van der Waals surface area contributed by atoms with Crippen molar-refractivity contribution < 1.29 is 13.9 Å². The summed E-state index contributed by atoms with van der Waals surface area (Å²) < 4.78 is 29.6. The Morgan fingerprint density at radius 2 is 1.64 bits per heavy atom. The lowest BCUT2D eigenvalue weighted by molar-refractivity contribution is 0.475. The number of fused-ring (bicyclic) bond motifs is 1. The molecule has 2 aromatic heterocycles. The van der Waals surface area contributed by atoms with Crippen LogP contribution >= 0.6 is 11.6 Å². The number of phenolic OH excluding ortho intramolecular Hbond substituents is 1. The minimum Gasteiger partial charge on any atom is -0.508 e. The standard InChI is InChI=1S/C25H17ClF2N4O/c26-21-3-1-2-4-22(21)31-24-20-12-23(16-5-7-19(33)8-6-16)32(25(20)30-14-29-24)13-15-9-17(27)11-18(28)10-15/h1-12,14,33H,13H2,(H,29,30,31). The predicted octanol–water partition coefficient (Wildman–Crippen LogP) is 6.53. The zero-order valence-electron chi connectivity index (χ0n) is 17.1. The maximum Gasteiger partial charge on any atom is 0.146 e. The Morgan fingerprint density at radius 1 is 0.909 bits per heavy atom. The summed E-state index contributed by atoms with van der Waals surface area (Å²) in [6, 6.07) is 19.3. The molecule has 0 saturated heterocycles. The molecule has 0 radical (unpaired) electrons. The Bertz CT molecular complexity index is 1450. The molecule has 0 unspecified atom stereocenters. The quantitative estimate of drug-likeness (QED) is 0.312. The van der Waals surface area contributed by atoms with Crippen molar-refractivity contribution in [2.45, 2.75) is 6.54 Å². The molecule has 0 atom stereocenters. The zero-order chi connectivity index (χ0) is 22.9. The van der Waals surface area contributed by atoms with E-state index >= 15 is 0 Å². The molecule has 8 heteroatoms. The van der Waals surface area contributed by atoms with Crippen LogP contribution in [0.15, 0.2) is 79.1 Å². The molecule has 5 nitrogen and oxygen atoms in total. The van der Waals surface area contributed by atoms with Crippen molar-refractivity contribution in [3.05, 3.63) is 101 Å². The summed E-state index contributed by atoms with van der Waals surface area (Å²) in [7, 11) is 0. The van der Waals surface area contributed by atoms with Crippen molar-refractivity contribution in [1.82, 2.24) is 14.5 Å². The van der Waals surface area contributed by atoms with Crippen molar-refractivity contribution in [3.8, 4) is 17.0 Å². The fourth-order valence-electron chi connectivity index (χ4n) is 3.77. The first-order chi connectivity index (χ1) is 16.0. The molecule has 0 aliphatic rings. The van der Waals surface area contributed by atoms with E-state index in [1.807, 2.05) is 28.8 Å². The molecule has 0 amide bonds. The Hall–Kier alpha value is -3.97. The Labute approximate surface area is 192 Å². The summed E-state index contributed by atoms with van der Waals surface area (Å²) >= 11 is 6.30. The maximum atomic E-state index is 13.9. The smallest absolute Gasteiger partial charge is 0.146 e. The van der Waals surface area contributed by atoms with Gasteiger partial charge in [0, 0.05) is 12.6 Å². The third-order valence-electron chi connectivity index (χ3n) is 5.24. The lowest BCUT2D eigenvalue weighted by Gasteiger charge is -2.12. The van der Waals surface area contributed by atoms with E-state index in [0.29, 0.717) is 33.1 Å². The number of nitrogens with one attached hydrogen (secondary N) is 1. The predicted molar refractivity (Wildman–Crippen MR) is 125 cm³/mol. The lowest BCUT2D eigenvalue weighted by atomic mass is 10.1. The summed E-state index contributed by atoms with van der Waals surface area (Å²) in [5.74, 6) is -0.626. The van der Waals surface area contributed by atoms with Gasteiger partial charge in [0.1, 0.15) is 35.2 Å². The molecule has 5 rings (SSSR count). The van der Waals surface area contributed by atoms with Gasteiger partial charge in [-0.25, -0.2) is 18.7 Å². The van der Waals surface area contributed by atoms with Gasteiger partial charge in [0.2, 0.25) is 0 Å². The number of benzene rings is 3. The van der Waals surface area contributed by atoms with Gasteiger partial charge in [-0.05, 0) is 65.7 Å².